The third-order valence-corrected chi connectivity index (χ3v) is 10.6. The van der Waals surface area contributed by atoms with Gasteiger partial charge in [-0.1, -0.05) is 29.3 Å². The Bertz CT molecular complexity index is 1900. The van der Waals surface area contributed by atoms with E-state index >= 15 is 0 Å². The van der Waals surface area contributed by atoms with Gasteiger partial charge in [0.2, 0.25) is 0 Å². The van der Waals surface area contributed by atoms with Gasteiger partial charge in [0.25, 0.3) is 10.0 Å². The van der Waals surface area contributed by atoms with Crippen LogP contribution in [-0.2, 0) is 22.6 Å². The number of carbonyl (C=O) groups excluding carboxylic acids is 1. The number of thiazole rings is 1. The summed E-state index contributed by atoms with van der Waals surface area (Å²) < 4.78 is 31.1. The molecule has 212 valence electrons. The van der Waals surface area contributed by atoms with E-state index in [9.17, 15) is 13.2 Å². The maximum Gasteiger partial charge on any atom is 0.317 e. The molecule has 13 heteroatoms. The molecule has 5 aromatic rings. The minimum absolute atomic E-state index is 0.146. The van der Waals surface area contributed by atoms with Crippen molar-refractivity contribution in [2.24, 2.45) is 7.05 Å². The van der Waals surface area contributed by atoms with Crippen LogP contribution in [0.4, 0.5) is 4.79 Å². The molecule has 4 heterocycles. The second kappa shape index (κ2) is 9.97. The van der Waals surface area contributed by atoms with Crippen molar-refractivity contribution >= 4 is 50.0 Å². The lowest BCUT2D eigenvalue weighted by molar-refractivity contribution is 0.161. The number of nitrogens with one attached hydrogen (secondary N) is 1. The van der Waals surface area contributed by atoms with Gasteiger partial charge in [-0.3, -0.25) is 4.68 Å². The van der Waals surface area contributed by atoms with E-state index in [1.165, 1.54) is 26.4 Å². The fraction of sp³-hybridized carbons (Fsp3) is 0.286. The van der Waals surface area contributed by atoms with E-state index < -0.39 is 15.6 Å². The van der Waals surface area contributed by atoms with Crippen molar-refractivity contribution in [1.82, 2.24) is 33.9 Å². The number of fused-ring (bicyclic) bond motifs is 1. The zero-order chi connectivity index (χ0) is 29.1. The molecule has 1 aliphatic carbocycles. The number of amides is 2. The average Bonchev–Trinajstić information content (AvgIpc) is 3.65. The van der Waals surface area contributed by atoms with Gasteiger partial charge in [-0.15, -0.1) is 11.3 Å². The second-order valence-corrected chi connectivity index (χ2v) is 13.7. The average molecular weight is 610 g/mol. The Morgan fingerprint density at radius 1 is 1.12 bits per heavy atom. The van der Waals surface area contributed by atoms with Crippen LogP contribution in [0.15, 0.2) is 60.0 Å². The zero-order valence-electron chi connectivity index (χ0n) is 22.9. The molecule has 1 saturated carbocycles. The predicted molar refractivity (Wildman–Crippen MR) is 160 cm³/mol. The van der Waals surface area contributed by atoms with Crippen LogP contribution in [0.1, 0.15) is 29.8 Å². The highest BCUT2D eigenvalue weighted by molar-refractivity contribution is 7.90. The number of aryl methyl sites for hydroxylation is 2. The molecule has 41 heavy (non-hydrogen) atoms. The lowest BCUT2D eigenvalue weighted by Crippen LogP contribution is -2.53. The molecule has 4 aromatic heterocycles. The highest BCUT2D eigenvalue weighted by Crippen LogP contribution is 2.47. The number of hydrogen-bond donors (Lipinski definition) is 1. The van der Waals surface area contributed by atoms with Gasteiger partial charge in [-0.2, -0.15) is 5.10 Å². The van der Waals surface area contributed by atoms with Gasteiger partial charge in [0.1, 0.15) is 5.01 Å². The molecule has 0 saturated heterocycles. The molecule has 0 aliphatic heterocycles. The van der Waals surface area contributed by atoms with Crippen molar-refractivity contribution in [1.29, 1.82) is 0 Å². The Labute approximate surface area is 246 Å². The van der Waals surface area contributed by atoms with E-state index in [1.807, 2.05) is 6.92 Å². The summed E-state index contributed by atoms with van der Waals surface area (Å²) in [5, 5.41) is 9.13. The molecule has 1 aromatic carbocycles. The third kappa shape index (κ3) is 4.59. The van der Waals surface area contributed by atoms with E-state index in [1.54, 1.807) is 74.7 Å². The van der Waals surface area contributed by atoms with Crippen LogP contribution in [0.25, 0.3) is 32.7 Å². The molecular weight excluding hydrogens is 582 g/mol. The Morgan fingerprint density at radius 3 is 2.46 bits per heavy atom. The van der Waals surface area contributed by atoms with Crippen LogP contribution in [0.5, 0.6) is 0 Å². The molecule has 1 N–H and O–H groups in total. The van der Waals surface area contributed by atoms with Crippen LogP contribution in [-0.4, -0.2) is 57.2 Å². The number of hydrogen-bond acceptors (Lipinski definition) is 7. The third-order valence-electron chi connectivity index (χ3n) is 7.42. The van der Waals surface area contributed by atoms with E-state index in [2.05, 4.69) is 15.4 Å². The molecule has 0 atom stereocenters. The number of nitrogens with zero attached hydrogens (tertiary/aromatic N) is 6. The molecule has 1 aliphatic rings. The molecule has 0 bridgehead atoms. The predicted octanol–water partition coefficient (Wildman–Crippen LogP) is 5.41. The van der Waals surface area contributed by atoms with Crippen molar-refractivity contribution in [2.45, 2.75) is 36.6 Å². The van der Waals surface area contributed by atoms with Gasteiger partial charge in [0.05, 0.1) is 32.2 Å². The number of carbonyl (C=O) groups is 1. The molecule has 10 nitrogen and oxygen atoms in total. The molecule has 1 fully saturated rings. The summed E-state index contributed by atoms with van der Waals surface area (Å²) in [5.74, 6) is 0. The Balaban J connectivity index is 1.55. The molecule has 0 radical (unpaired) electrons. The summed E-state index contributed by atoms with van der Waals surface area (Å²) in [6.07, 6.45) is 9.14. The lowest BCUT2D eigenvalue weighted by Gasteiger charge is -2.41. The van der Waals surface area contributed by atoms with Crippen LogP contribution >= 0.6 is 22.9 Å². The number of halogens is 1. The van der Waals surface area contributed by atoms with Gasteiger partial charge < -0.3 is 10.2 Å². The van der Waals surface area contributed by atoms with Crippen molar-refractivity contribution < 1.29 is 13.2 Å². The fourth-order valence-electron chi connectivity index (χ4n) is 5.01. The van der Waals surface area contributed by atoms with Crippen molar-refractivity contribution in [3.05, 3.63) is 70.7 Å². The number of urea groups is 1. The summed E-state index contributed by atoms with van der Waals surface area (Å²) in [6.45, 7) is 1.90. The topological polar surface area (TPSA) is 115 Å². The quantitative estimate of drug-likeness (QED) is 0.275. The summed E-state index contributed by atoms with van der Waals surface area (Å²) >= 11 is 8.20. The normalized spacial score (nSPS) is 14.7. The largest absolute Gasteiger partial charge is 0.331 e. The zero-order valence-corrected chi connectivity index (χ0v) is 25.3. The van der Waals surface area contributed by atoms with Gasteiger partial charge in [-0.25, -0.2) is 27.2 Å². The van der Waals surface area contributed by atoms with Crippen molar-refractivity contribution in [2.75, 3.05) is 14.1 Å². The summed E-state index contributed by atoms with van der Waals surface area (Å²) in [4.78, 5) is 24.2. The maximum absolute atomic E-state index is 14.1. The van der Waals surface area contributed by atoms with Gasteiger partial charge in [-0.05, 0) is 44.4 Å². The van der Waals surface area contributed by atoms with Crippen LogP contribution in [0.3, 0.4) is 0 Å². The highest BCUT2D eigenvalue weighted by atomic mass is 35.5. The van der Waals surface area contributed by atoms with Crippen LogP contribution in [0.2, 0.25) is 5.02 Å². The molecular formula is C28H28ClN7O3S2. The Hall–Kier alpha value is -3.74. The summed E-state index contributed by atoms with van der Waals surface area (Å²) in [5.41, 5.74) is 2.34. The number of rotatable bonds is 6. The van der Waals surface area contributed by atoms with Crippen LogP contribution < -0.4 is 5.32 Å². The van der Waals surface area contributed by atoms with E-state index in [0.717, 1.165) is 34.7 Å². The first-order valence-electron chi connectivity index (χ1n) is 13.0. The van der Waals surface area contributed by atoms with E-state index in [-0.39, 0.29) is 16.6 Å². The standard InChI is InChI=1S/C28H28ClN7O3S2/c1-17-6-8-19(9-7-17)41(38,39)36-22(18-13-32-35(4)16-18)12-20-24(21(29)14-30-25(20)36)23-15-31-26(40-23)28(10-5-11-28)33-27(37)34(2)3/h6-9,12-16H,5,10-11H2,1-4H3,(H,33,37). The number of benzene rings is 1. The first-order valence-corrected chi connectivity index (χ1v) is 15.6. The Morgan fingerprint density at radius 2 is 1.85 bits per heavy atom. The van der Waals surface area contributed by atoms with Gasteiger partial charge in [0.15, 0.2) is 5.65 Å². The number of pyridine rings is 1. The maximum atomic E-state index is 14.1. The SMILES string of the molecule is Cc1ccc(S(=O)(=O)n2c(-c3cnn(C)c3)cc3c(-c4cnc(C5(NC(=O)N(C)C)CCC5)s4)c(Cl)cnc32)cc1. The highest BCUT2D eigenvalue weighted by Gasteiger charge is 2.43. The summed E-state index contributed by atoms with van der Waals surface area (Å²) in [6, 6.07) is 8.33. The van der Waals surface area contributed by atoms with Crippen molar-refractivity contribution in [3.63, 3.8) is 0 Å². The molecule has 6 rings (SSSR count). The lowest BCUT2D eigenvalue weighted by atomic mass is 9.77. The number of aromatic nitrogens is 5. The second-order valence-electron chi connectivity index (χ2n) is 10.5. The van der Waals surface area contributed by atoms with Crippen LogP contribution in [0, 0.1) is 6.92 Å². The Kier molecular flexibility index (Phi) is 6.67. The van der Waals surface area contributed by atoms with Gasteiger partial charge >= 0.3 is 6.03 Å². The molecule has 0 spiro atoms. The monoisotopic (exact) mass is 609 g/mol. The van der Waals surface area contributed by atoms with E-state index in [4.69, 9.17) is 16.6 Å². The minimum Gasteiger partial charge on any atom is -0.331 e. The van der Waals surface area contributed by atoms with Gasteiger partial charge in [0, 0.05) is 56.2 Å². The van der Waals surface area contributed by atoms with Crippen molar-refractivity contribution in [3.8, 4) is 21.7 Å². The fourth-order valence-corrected chi connectivity index (χ4v) is 8.00. The molecule has 0 unspecified atom stereocenters. The minimum atomic E-state index is -4.05. The smallest absolute Gasteiger partial charge is 0.317 e. The first-order chi connectivity index (χ1) is 19.5. The first kappa shape index (κ1) is 27.4. The summed E-state index contributed by atoms with van der Waals surface area (Å²) in [7, 11) is 1.14. The molecule has 2 amide bonds. The van der Waals surface area contributed by atoms with E-state index in [0.29, 0.717) is 27.2 Å².